The Morgan fingerprint density at radius 3 is 3.00 bits per heavy atom. The molecule has 94 valence electrons. The van der Waals surface area contributed by atoms with E-state index in [0.717, 1.165) is 12.5 Å². The molecule has 1 aromatic rings. The van der Waals surface area contributed by atoms with Crippen molar-refractivity contribution < 1.29 is 14.6 Å². The van der Waals surface area contributed by atoms with E-state index < -0.39 is 5.97 Å². The predicted octanol–water partition coefficient (Wildman–Crippen LogP) is 3.23. The Labute approximate surface area is 111 Å². The van der Waals surface area contributed by atoms with Crippen LogP contribution < -0.4 is 4.74 Å². The van der Waals surface area contributed by atoms with Crippen molar-refractivity contribution in [3.63, 3.8) is 0 Å². The van der Waals surface area contributed by atoms with Crippen LogP contribution in [0.5, 0.6) is 5.75 Å². The van der Waals surface area contributed by atoms with Crippen molar-refractivity contribution in [3.8, 4) is 18.1 Å². The summed E-state index contributed by atoms with van der Waals surface area (Å²) in [6.45, 7) is 0.486. The summed E-state index contributed by atoms with van der Waals surface area (Å²) in [6.07, 6.45) is 9.03. The number of carboxylic acid groups (broad SMARTS) is 1. The van der Waals surface area contributed by atoms with Crippen molar-refractivity contribution in [2.45, 2.75) is 12.8 Å². The second kappa shape index (κ2) is 7.41. The minimum absolute atomic E-state index is 0.486. The second-order valence-electron chi connectivity index (χ2n) is 3.51. The van der Waals surface area contributed by atoms with Gasteiger partial charge in [-0.25, -0.2) is 4.79 Å². The van der Waals surface area contributed by atoms with E-state index in [2.05, 4.69) is 5.92 Å². The van der Waals surface area contributed by atoms with Crippen molar-refractivity contribution in [2.75, 3.05) is 6.61 Å². The number of hydrogen-bond donors (Lipinski definition) is 1. The molecule has 1 N–H and O–H groups in total. The molecular weight excluding hydrogens is 252 g/mol. The number of aliphatic carboxylic acids is 1. The number of ether oxygens (including phenoxy) is 1. The first kappa shape index (κ1) is 14.1. The molecule has 0 saturated heterocycles. The molecule has 0 spiro atoms. The molecule has 0 aromatic heterocycles. The van der Waals surface area contributed by atoms with Crippen LogP contribution in [0.1, 0.15) is 18.4 Å². The molecule has 3 nitrogen and oxygen atoms in total. The Hall–Kier alpha value is -1.92. The zero-order chi connectivity index (χ0) is 13.4. The monoisotopic (exact) mass is 264 g/mol. The maximum Gasteiger partial charge on any atom is 0.328 e. The van der Waals surface area contributed by atoms with Gasteiger partial charge in [-0.3, -0.25) is 0 Å². The second-order valence-corrected chi connectivity index (χ2v) is 3.95. The highest BCUT2D eigenvalue weighted by Crippen LogP contribution is 2.24. The van der Waals surface area contributed by atoms with Crippen LogP contribution in [0.25, 0.3) is 6.08 Å². The van der Waals surface area contributed by atoms with E-state index in [0.29, 0.717) is 29.4 Å². The summed E-state index contributed by atoms with van der Waals surface area (Å²) in [4.78, 5) is 10.5. The molecule has 0 fully saturated rings. The molecule has 0 atom stereocenters. The van der Waals surface area contributed by atoms with Gasteiger partial charge < -0.3 is 9.84 Å². The first-order valence-electron chi connectivity index (χ1n) is 5.40. The van der Waals surface area contributed by atoms with E-state index in [-0.39, 0.29) is 0 Å². The average Bonchev–Trinajstić information content (AvgIpc) is 2.34. The number of halogens is 1. The first-order valence-corrected chi connectivity index (χ1v) is 5.78. The summed E-state index contributed by atoms with van der Waals surface area (Å²) in [7, 11) is 0. The van der Waals surface area contributed by atoms with Crippen molar-refractivity contribution >= 4 is 23.6 Å². The lowest BCUT2D eigenvalue weighted by Gasteiger charge is -2.08. The van der Waals surface area contributed by atoms with Crippen LogP contribution in [0.2, 0.25) is 5.02 Å². The Kier molecular flexibility index (Phi) is 5.83. The van der Waals surface area contributed by atoms with Gasteiger partial charge in [0.25, 0.3) is 0 Å². The van der Waals surface area contributed by atoms with E-state index >= 15 is 0 Å². The number of benzene rings is 1. The van der Waals surface area contributed by atoms with Crippen molar-refractivity contribution in [1.82, 2.24) is 0 Å². The van der Waals surface area contributed by atoms with Gasteiger partial charge in [0, 0.05) is 23.1 Å². The highest BCUT2D eigenvalue weighted by Gasteiger charge is 2.02. The molecule has 0 saturated carbocycles. The SMILES string of the molecule is C#CCCCOc1ccc(Cl)cc1/C=C/C(=O)O. The van der Waals surface area contributed by atoms with Crippen LogP contribution >= 0.6 is 11.6 Å². The number of carbonyl (C=O) groups is 1. The van der Waals surface area contributed by atoms with Gasteiger partial charge in [-0.2, -0.15) is 0 Å². The molecule has 0 radical (unpaired) electrons. The van der Waals surface area contributed by atoms with Crippen LogP contribution in [0.4, 0.5) is 0 Å². The topological polar surface area (TPSA) is 46.5 Å². The summed E-state index contributed by atoms with van der Waals surface area (Å²) in [5.74, 6) is 2.10. The Bertz CT molecular complexity index is 486. The van der Waals surface area contributed by atoms with Crippen molar-refractivity contribution in [3.05, 3.63) is 34.9 Å². The van der Waals surface area contributed by atoms with Gasteiger partial charge in [0.15, 0.2) is 0 Å². The maximum atomic E-state index is 10.5. The molecule has 0 aliphatic rings. The zero-order valence-electron chi connectivity index (χ0n) is 9.73. The molecule has 1 aromatic carbocycles. The molecule has 1 rings (SSSR count). The van der Waals surface area contributed by atoms with Crippen LogP contribution in [0.3, 0.4) is 0 Å². The fourth-order valence-corrected chi connectivity index (χ4v) is 1.48. The summed E-state index contributed by atoms with van der Waals surface area (Å²) in [5.41, 5.74) is 0.630. The molecular formula is C14H13ClO3. The molecule has 0 bridgehead atoms. The van der Waals surface area contributed by atoms with E-state index in [9.17, 15) is 4.79 Å². The lowest BCUT2D eigenvalue weighted by atomic mass is 10.2. The number of hydrogen-bond acceptors (Lipinski definition) is 2. The molecule has 18 heavy (non-hydrogen) atoms. The van der Waals surface area contributed by atoms with Gasteiger partial charge in [0.2, 0.25) is 0 Å². The summed E-state index contributed by atoms with van der Waals surface area (Å²) >= 11 is 5.85. The highest BCUT2D eigenvalue weighted by atomic mass is 35.5. The lowest BCUT2D eigenvalue weighted by Crippen LogP contribution is -1.98. The minimum Gasteiger partial charge on any atom is -0.493 e. The summed E-state index contributed by atoms with van der Waals surface area (Å²) in [6, 6.07) is 5.05. The van der Waals surface area contributed by atoms with E-state index in [1.807, 2.05) is 0 Å². The highest BCUT2D eigenvalue weighted by molar-refractivity contribution is 6.30. The zero-order valence-corrected chi connectivity index (χ0v) is 10.5. The van der Waals surface area contributed by atoms with Gasteiger partial charge in [-0.15, -0.1) is 12.3 Å². The van der Waals surface area contributed by atoms with Crippen molar-refractivity contribution in [2.24, 2.45) is 0 Å². The van der Waals surface area contributed by atoms with Gasteiger partial charge in [0.1, 0.15) is 5.75 Å². The Balaban J connectivity index is 2.77. The standard InChI is InChI=1S/C14H13ClO3/c1-2-3-4-9-18-13-7-6-12(15)10-11(13)5-8-14(16)17/h1,5-8,10H,3-4,9H2,(H,16,17)/b8-5+. The van der Waals surface area contributed by atoms with E-state index in [1.165, 1.54) is 6.08 Å². The molecule has 0 aliphatic carbocycles. The quantitative estimate of drug-likeness (QED) is 0.487. The molecule has 0 unspecified atom stereocenters. The first-order chi connectivity index (χ1) is 8.63. The number of terminal acetylenes is 1. The Morgan fingerprint density at radius 1 is 1.56 bits per heavy atom. The Morgan fingerprint density at radius 2 is 2.33 bits per heavy atom. The van der Waals surface area contributed by atoms with Crippen LogP contribution in [-0.2, 0) is 4.79 Å². The molecule has 0 heterocycles. The predicted molar refractivity (Wildman–Crippen MR) is 71.7 cm³/mol. The van der Waals surface area contributed by atoms with Crippen molar-refractivity contribution in [1.29, 1.82) is 0 Å². The van der Waals surface area contributed by atoms with Gasteiger partial charge in [0.05, 0.1) is 6.61 Å². The molecule has 0 aliphatic heterocycles. The van der Waals surface area contributed by atoms with Crippen LogP contribution in [0, 0.1) is 12.3 Å². The minimum atomic E-state index is -1.02. The van der Waals surface area contributed by atoms with Gasteiger partial charge in [-0.05, 0) is 30.7 Å². The number of rotatable bonds is 6. The van der Waals surface area contributed by atoms with Gasteiger partial charge in [-0.1, -0.05) is 11.6 Å². The maximum absolute atomic E-state index is 10.5. The van der Waals surface area contributed by atoms with Crippen LogP contribution in [0.15, 0.2) is 24.3 Å². The average molecular weight is 265 g/mol. The van der Waals surface area contributed by atoms with Gasteiger partial charge >= 0.3 is 5.97 Å². The summed E-state index contributed by atoms with van der Waals surface area (Å²) < 4.78 is 5.53. The third kappa shape index (κ3) is 4.94. The fourth-order valence-electron chi connectivity index (χ4n) is 1.30. The van der Waals surface area contributed by atoms with E-state index in [1.54, 1.807) is 18.2 Å². The molecule has 0 amide bonds. The lowest BCUT2D eigenvalue weighted by molar-refractivity contribution is -0.131. The summed E-state index contributed by atoms with van der Waals surface area (Å²) in [5, 5.41) is 9.12. The van der Waals surface area contributed by atoms with E-state index in [4.69, 9.17) is 27.9 Å². The smallest absolute Gasteiger partial charge is 0.328 e. The van der Waals surface area contributed by atoms with Crippen LogP contribution in [-0.4, -0.2) is 17.7 Å². The third-order valence-electron chi connectivity index (χ3n) is 2.10. The largest absolute Gasteiger partial charge is 0.493 e. The third-order valence-corrected chi connectivity index (χ3v) is 2.34. The molecule has 4 heteroatoms. The number of carboxylic acids is 1. The fraction of sp³-hybridized carbons (Fsp3) is 0.214. The normalized spacial score (nSPS) is 10.2. The number of unbranched alkanes of at least 4 members (excludes halogenated alkanes) is 1.